The third-order valence-electron chi connectivity index (χ3n) is 7.65. The van der Waals surface area contributed by atoms with Gasteiger partial charge in [0.2, 0.25) is 0 Å². The Hall–Kier alpha value is -3.12. The normalized spacial score (nSPS) is 26.4. The van der Waals surface area contributed by atoms with Gasteiger partial charge in [-0.15, -0.1) is 0 Å². The van der Waals surface area contributed by atoms with Crippen molar-refractivity contribution in [1.82, 2.24) is 21.3 Å². The van der Waals surface area contributed by atoms with Gasteiger partial charge in [-0.3, -0.25) is 9.59 Å². The molecule has 6 nitrogen and oxygen atoms in total. The van der Waals surface area contributed by atoms with Gasteiger partial charge in [0, 0.05) is 48.1 Å². The Balaban J connectivity index is 0.000000155. The second-order valence-corrected chi connectivity index (χ2v) is 9.96. The highest BCUT2D eigenvalue weighted by Gasteiger charge is 2.39. The van der Waals surface area contributed by atoms with Crippen LogP contribution in [0.5, 0.6) is 0 Å². The number of piperidine rings is 2. The third-order valence-corrected chi connectivity index (χ3v) is 7.65. The lowest BCUT2D eigenvalue weighted by Crippen LogP contribution is -2.51. The Bertz CT molecular complexity index is 1150. The molecule has 38 heavy (non-hydrogen) atoms. The van der Waals surface area contributed by atoms with Crippen LogP contribution in [0.2, 0.25) is 0 Å². The summed E-state index contributed by atoms with van der Waals surface area (Å²) < 4.78 is 76.0. The van der Waals surface area contributed by atoms with E-state index < -0.39 is 35.3 Å². The van der Waals surface area contributed by atoms with Crippen molar-refractivity contribution >= 4 is 11.8 Å². The summed E-state index contributed by atoms with van der Waals surface area (Å²) in [5, 5.41) is 12.0. The Morgan fingerprint density at radius 3 is 1.39 bits per heavy atom. The fourth-order valence-corrected chi connectivity index (χ4v) is 5.71. The minimum atomic E-state index is -4.42. The number of nitrogens with one attached hydrogen (secondary N) is 4. The van der Waals surface area contributed by atoms with Crippen LogP contribution in [0.25, 0.3) is 0 Å². The highest BCUT2D eigenvalue weighted by Crippen LogP contribution is 2.37. The highest BCUT2D eigenvalue weighted by atomic mass is 19.4. The summed E-state index contributed by atoms with van der Waals surface area (Å²) in [7, 11) is 0. The van der Waals surface area contributed by atoms with Crippen LogP contribution in [0.4, 0.5) is 26.3 Å². The highest BCUT2D eigenvalue weighted by molar-refractivity contribution is 5.98. The standard InChI is InChI=1S/2C13H13F3N2O/c2*14-13(15,16)7-1-2-8-9(5-7)12(19)18-11-3-4-17-6-10(8)11/h2*1-2,5,10-11,17H,3-4,6H2,(H,18,19)/t2*10-,11+/m10/s1. The molecule has 4 heterocycles. The average Bonchev–Trinajstić information content (AvgIpc) is 2.88. The molecule has 204 valence electrons. The number of alkyl halides is 6. The van der Waals surface area contributed by atoms with Crippen molar-refractivity contribution in [3.63, 3.8) is 0 Å². The smallest absolute Gasteiger partial charge is 0.349 e. The number of halogens is 6. The lowest BCUT2D eigenvalue weighted by Gasteiger charge is -2.38. The zero-order chi connectivity index (χ0) is 27.2. The van der Waals surface area contributed by atoms with Crippen LogP contribution in [0.3, 0.4) is 0 Å². The SMILES string of the molecule is O=C1N[C@@H]2CCNC[C@H]2c2ccc(C(F)(F)F)cc21.O=C1N[C@H]2CCNC[C@@H]2c2ccc(C(F)(F)F)cc21. The van der Waals surface area contributed by atoms with Gasteiger partial charge in [-0.05, 0) is 61.3 Å². The predicted octanol–water partition coefficient (Wildman–Crippen LogP) is 3.79. The van der Waals surface area contributed by atoms with E-state index in [1.54, 1.807) is 0 Å². The topological polar surface area (TPSA) is 82.3 Å². The largest absolute Gasteiger partial charge is 0.416 e. The van der Waals surface area contributed by atoms with Crippen molar-refractivity contribution in [2.24, 2.45) is 0 Å². The summed E-state index contributed by atoms with van der Waals surface area (Å²) >= 11 is 0. The molecule has 12 heteroatoms. The van der Waals surface area contributed by atoms with Crippen molar-refractivity contribution in [3.8, 4) is 0 Å². The molecule has 2 saturated heterocycles. The van der Waals surface area contributed by atoms with Crippen LogP contribution in [0.1, 0.15) is 67.6 Å². The van der Waals surface area contributed by atoms with Crippen molar-refractivity contribution in [1.29, 1.82) is 0 Å². The average molecular weight is 541 g/mol. The van der Waals surface area contributed by atoms with E-state index in [2.05, 4.69) is 21.3 Å². The van der Waals surface area contributed by atoms with Crippen molar-refractivity contribution in [2.45, 2.75) is 49.1 Å². The lowest BCUT2D eigenvalue weighted by molar-refractivity contribution is -0.138. The van der Waals surface area contributed by atoms with Gasteiger partial charge in [0.15, 0.2) is 0 Å². The van der Waals surface area contributed by atoms with E-state index in [9.17, 15) is 35.9 Å². The number of benzene rings is 2. The van der Waals surface area contributed by atoms with Crippen LogP contribution in [0.15, 0.2) is 36.4 Å². The molecule has 0 radical (unpaired) electrons. The van der Waals surface area contributed by atoms with Gasteiger partial charge in [-0.25, -0.2) is 0 Å². The summed E-state index contributed by atoms with van der Waals surface area (Å²) in [5.74, 6) is -0.680. The Morgan fingerprint density at radius 2 is 1.03 bits per heavy atom. The van der Waals surface area contributed by atoms with Gasteiger partial charge in [0.1, 0.15) is 0 Å². The molecular formula is C26H26F6N4O2. The first-order valence-electron chi connectivity index (χ1n) is 12.4. The molecule has 2 fully saturated rings. The minimum absolute atomic E-state index is 0.0259. The fourth-order valence-electron chi connectivity index (χ4n) is 5.71. The van der Waals surface area contributed by atoms with E-state index in [4.69, 9.17) is 0 Å². The molecule has 2 amide bonds. The molecule has 2 aromatic rings. The van der Waals surface area contributed by atoms with Crippen LogP contribution in [-0.2, 0) is 12.4 Å². The van der Waals surface area contributed by atoms with Crippen LogP contribution in [0, 0.1) is 0 Å². The van der Waals surface area contributed by atoms with E-state index in [1.807, 2.05) is 0 Å². The number of amides is 2. The van der Waals surface area contributed by atoms with E-state index in [-0.39, 0.29) is 35.0 Å². The molecule has 0 unspecified atom stereocenters. The molecule has 0 saturated carbocycles. The maximum absolute atomic E-state index is 12.7. The first-order chi connectivity index (χ1) is 17.9. The lowest BCUT2D eigenvalue weighted by atomic mass is 9.80. The molecule has 0 bridgehead atoms. The van der Waals surface area contributed by atoms with E-state index in [0.717, 1.165) is 50.2 Å². The summed E-state index contributed by atoms with van der Waals surface area (Å²) in [5.41, 5.74) is 0.190. The molecule has 0 spiro atoms. The number of carbonyl (C=O) groups is 2. The van der Waals surface area contributed by atoms with Crippen molar-refractivity contribution in [2.75, 3.05) is 26.2 Å². The number of fused-ring (bicyclic) bond motifs is 6. The van der Waals surface area contributed by atoms with Crippen molar-refractivity contribution in [3.05, 3.63) is 69.8 Å². The van der Waals surface area contributed by atoms with Crippen LogP contribution in [-0.4, -0.2) is 50.1 Å². The van der Waals surface area contributed by atoms with Crippen LogP contribution < -0.4 is 21.3 Å². The molecule has 4 aliphatic heterocycles. The molecule has 0 aromatic heterocycles. The molecular weight excluding hydrogens is 514 g/mol. The van der Waals surface area contributed by atoms with Gasteiger partial charge in [0.05, 0.1) is 11.1 Å². The molecule has 4 atom stereocenters. The second-order valence-electron chi connectivity index (χ2n) is 9.96. The maximum atomic E-state index is 12.7. The monoisotopic (exact) mass is 540 g/mol. The van der Waals surface area contributed by atoms with Gasteiger partial charge in [-0.1, -0.05) is 12.1 Å². The quantitative estimate of drug-likeness (QED) is 0.384. The van der Waals surface area contributed by atoms with E-state index in [0.29, 0.717) is 24.2 Å². The number of carbonyl (C=O) groups excluding carboxylic acids is 2. The second kappa shape index (κ2) is 9.88. The van der Waals surface area contributed by atoms with Crippen molar-refractivity contribution < 1.29 is 35.9 Å². The molecule has 4 aliphatic rings. The van der Waals surface area contributed by atoms with Crippen LogP contribution >= 0.6 is 0 Å². The van der Waals surface area contributed by atoms with Gasteiger partial charge in [0.25, 0.3) is 11.8 Å². The first kappa shape index (κ1) is 26.5. The number of hydrogen-bond donors (Lipinski definition) is 4. The summed E-state index contributed by atoms with van der Waals surface area (Å²) in [6, 6.07) is 6.97. The van der Waals surface area contributed by atoms with Gasteiger partial charge >= 0.3 is 12.4 Å². The molecule has 4 N–H and O–H groups in total. The van der Waals surface area contributed by atoms with Gasteiger partial charge < -0.3 is 21.3 Å². The Kier molecular flexibility index (Phi) is 6.89. The van der Waals surface area contributed by atoms with E-state index in [1.165, 1.54) is 12.1 Å². The predicted molar refractivity (Wildman–Crippen MR) is 126 cm³/mol. The first-order valence-corrected chi connectivity index (χ1v) is 12.4. The molecule has 2 aromatic carbocycles. The Morgan fingerprint density at radius 1 is 0.632 bits per heavy atom. The number of rotatable bonds is 0. The summed E-state index contributed by atoms with van der Waals surface area (Å²) in [4.78, 5) is 23.8. The van der Waals surface area contributed by atoms with E-state index >= 15 is 0 Å². The Labute approximate surface area is 214 Å². The fraction of sp³-hybridized carbons (Fsp3) is 0.462. The zero-order valence-corrected chi connectivity index (χ0v) is 20.1. The number of hydrogen-bond acceptors (Lipinski definition) is 4. The molecule has 0 aliphatic carbocycles. The van der Waals surface area contributed by atoms with Gasteiger partial charge in [-0.2, -0.15) is 26.3 Å². The summed E-state index contributed by atoms with van der Waals surface area (Å²) in [6.07, 6.45) is -7.23. The minimum Gasteiger partial charge on any atom is -0.349 e. The zero-order valence-electron chi connectivity index (χ0n) is 20.1. The summed E-state index contributed by atoms with van der Waals surface area (Å²) in [6.45, 7) is 3.00. The molecule has 6 rings (SSSR count). The maximum Gasteiger partial charge on any atom is 0.416 e. The third kappa shape index (κ3) is 5.11.